The molecule has 1 aromatic carbocycles. The normalized spacial score (nSPS) is 16.2. The van der Waals surface area contributed by atoms with Crippen LogP contribution >= 0.6 is 12.2 Å². The molecule has 1 amide bonds. The molecule has 1 aromatic rings. The van der Waals surface area contributed by atoms with Gasteiger partial charge in [-0.3, -0.25) is 4.79 Å². The van der Waals surface area contributed by atoms with E-state index in [0.717, 1.165) is 29.8 Å². The Morgan fingerprint density at radius 2 is 2.00 bits per heavy atom. The highest BCUT2D eigenvalue weighted by atomic mass is 32.1. The van der Waals surface area contributed by atoms with Gasteiger partial charge in [-0.1, -0.05) is 42.5 Å². The second-order valence-corrected chi connectivity index (χ2v) is 4.55. The highest BCUT2D eigenvalue weighted by Gasteiger charge is 2.19. The van der Waals surface area contributed by atoms with E-state index in [4.69, 9.17) is 12.2 Å². The fourth-order valence-corrected chi connectivity index (χ4v) is 2.21. The molecular formula is C13H15NOS. The Hall–Kier alpha value is -1.22. The minimum absolute atomic E-state index is 0.240. The zero-order chi connectivity index (χ0) is 11.4. The van der Waals surface area contributed by atoms with Crippen LogP contribution in [0.1, 0.15) is 24.8 Å². The molecule has 0 saturated carbocycles. The van der Waals surface area contributed by atoms with Gasteiger partial charge in [0, 0.05) is 17.8 Å². The summed E-state index contributed by atoms with van der Waals surface area (Å²) >= 11 is 5.36. The Labute approximate surface area is 101 Å². The van der Waals surface area contributed by atoms with Gasteiger partial charge >= 0.3 is 0 Å². The first-order chi connectivity index (χ1) is 7.77. The number of rotatable bonds is 3. The van der Waals surface area contributed by atoms with Crippen LogP contribution in [0.3, 0.4) is 0 Å². The number of carbonyl (C=O) groups is 1. The second kappa shape index (κ2) is 5.21. The highest BCUT2D eigenvalue weighted by molar-refractivity contribution is 7.80. The first kappa shape index (κ1) is 11.3. The van der Waals surface area contributed by atoms with Crippen molar-refractivity contribution in [2.24, 2.45) is 0 Å². The van der Waals surface area contributed by atoms with E-state index in [-0.39, 0.29) is 5.91 Å². The third-order valence-corrected chi connectivity index (χ3v) is 3.22. The lowest BCUT2D eigenvalue weighted by atomic mass is 10.1. The zero-order valence-corrected chi connectivity index (χ0v) is 10.0. The second-order valence-electron chi connectivity index (χ2n) is 4.06. The van der Waals surface area contributed by atoms with Gasteiger partial charge in [0.05, 0.1) is 6.54 Å². The fraction of sp³-hybridized carbons (Fsp3) is 0.385. The van der Waals surface area contributed by atoms with Crippen molar-refractivity contribution in [3.8, 4) is 0 Å². The van der Waals surface area contributed by atoms with Crippen LogP contribution in [0.25, 0.3) is 0 Å². The standard InChI is InChI=1S/C13H15NOS/c15-13-8-4-5-9-14(13)10-12(16)11-6-2-1-3-7-11/h1-3,6-7H,4-5,8-10H2. The average Bonchev–Trinajstić information content (AvgIpc) is 2.33. The lowest BCUT2D eigenvalue weighted by molar-refractivity contribution is -0.132. The fourth-order valence-electron chi connectivity index (χ4n) is 1.92. The van der Waals surface area contributed by atoms with Crippen LogP contribution in [0.15, 0.2) is 30.3 Å². The van der Waals surface area contributed by atoms with Crippen LogP contribution in [0.4, 0.5) is 0 Å². The minimum atomic E-state index is 0.240. The van der Waals surface area contributed by atoms with Gasteiger partial charge in [-0.25, -0.2) is 0 Å². The highest BCUT2D eigenvalue weighted by Crippen LogP contribution is 2.12. The Balaban J connectivity index is 1.99. The van der Waals surface area contributed by atoms with Gasteiger partial charge in [-0.05, 0) is 18.4 Å². The van der Waals surface area contributed by atoms with Crippen LogP contribution in [0.2, 0.25) is 0 Å². The Bertz CT molecular complexity index is 388. The Kier molecular flexibility index (Phi) is 3.67. The topological polar surface area (TPSA) is 20.3 Å². The molecule has 1 heterocycles. The summed E-state index contributed by atoms with van der Waals surface area (Å²) in [6, 6.07) is 9.91. The van der Waals surface area contributed by atoms with Gasteiger partial charge in [0.15, 0.2) is 0 Å². The van der Waals surface area contributed by atoms with Crippen LogP contribution in [-0.4, -0.2) is 28.8 Å². The van der Waals surface area contributed by atoms with Crippen molar-refractivity contribution >= 4 is 23.0 Å². The molecule has 0 aliphatic carbocycles. The molecule has 0 N–H and O–H groups in total. The third-order valence-electron chi connectivity index (χ3n) is 2.85. The van der Waals surface area contributed by atoms with E-state index in [1.54, 1.807) is 0 Å². The molecular weight excluding hydrogens is 218 g/mol. The van der Waals surface area contributed by atoms with Gasteiger partial charge in [0.1, 0.15) is 0 Å². The van der Waals surface area contributed by atoms with Crippen molar-refractivity contribution in [3.63, 3.8) is 0 Å². The van der Waals surface area contributed by atoms with Crippen LogP contribution < -0.4 is 0 Å². The van der Waals surface area contributed by atoms with Gasteiger partial charge in [0.2, 0.25) is 5.91 Å². The van der Waals surface area contributed by atoms with E-state index >= 15 is 0 Å². The SMILES string of the molecule is O=C1CCCCN1CC(=S)c1ccccc1. The smallest absolute Gasteiger partial charge is 0.222 e. The van der Waals surface area contributed by atoms with E-state index in [9.17, 15) is 4.79 Å². The quantitative estimate of drug-likeness (QED) is 0.590. The van der Waals surface area contributed by atoms with E-state index in [1.807, 2.05) is 35.2 Å². The molecule has 0 spiro atoms. The van der Waals surface area contributed by atoms with Gasteiger partial charge in [-0.15, -0.1) is 0 Å². The number of hydrogen-bond acceptors (Lipinski definition) is 2. The maximum Gasteiger partial charge on any atom is 0.222 e. The summed E-state index contributed by atoms with van der Waals surface area (Å²) in [5, 5.41) is 0. The summed E-state index contributed by atoms with van der Waals surface area (Å²) in [5.41, 5.74) is 1.05. The molecule has 0 radical (unpaired) electrons. The van der Waals surface area contributed by atoms with E-state index in [0.29, 0.717) is 13.0 Å². The molecule has 0 unspecified atom stereocenters. The predicted octanol–water partition coefficient (Wildman–Crippen LogP) is 2.42. The van der Waals surface area contributed by atoms with Crippen LogP contribution in [0, 0.1) is 0 Å². The number of amides is 1. The predicted molar refractivity (Wildman–Crippen MR) is 68.6 cm³/mol. The minimum Gasteiger partial charge on any atom is -0.338 e. The maximum atomic E-state index is 11.6. The monoisotopic (exact) mass is 233 g/mol. The number of benzene rings is 1. The lowest BCUT2D eigenvalue weighted by Crippen LogP contribution is -2.38. The molecule has 0 aromatic heterocycles. The van der Waals surface area contributed by atoms with E-state index in [2.05, 4.69) is 0 Å². The Morgan fingerprint density at radius 1 is 1.25 bits per heavy atom. The third kappa shape index (κ3) is 2.67. The molecule has 1 saturated heterocycles. The maximum absolute atomic E-state index is 11.6. The average molecular weight is 233 g/mol. The molecule has 0 bridgehead atoms. The zero-order valence-electron chi connectivity index (χ0n) is 9.19. The summed E-state index contributed by atoms with van der Waals surface area (Å²) < 4.78 is 0. The van der Waals surface area contributed by atoms with Gasteiger partial charge in [0.25, 0.3) is 0 Å². The summed E-state index contributed by atoms with van der Waals surface area (Å²) in [5.74, 6) is 0.240. The van der Waals surface area contributed by atoms with E-state index in [1.165, 1.54) is 0 Å². The summed E-state index contributed by atoms with van der Waals surface area (Å²) in [7, 11) is 0. The summed E-state index contributed by atoms with van der Waals surface area (Å²) in [4.78, 5) is 14.4. The van der Waals surface area contributed by atoms with Crippen LogP contribution in [-0.2, 0) is 4.79 Å². The summed E-state index contributed by atoms with van der Waals surface area (Å²) in [6.45, 7) is 1.45. The number of hydrogen-bond donors (Lipinski definition) is 0. The molecule has 1 aliphatic rings. The number of carbonyl (C=O) groups excluding carboxylic acids is 1. The first-order valence-corrected chi connectivity index (χ1v) is 6.04. The van der Waals surface area contributed by atoms with Crippen molar-refractivity contribution in [2.45, 2.75) is 19.3 Å². The first-order valence-electron chi connectivity index (χ1n) is 5.63. The molecule has 16 heavy (non-hydrogen) atoms. The molecule has 2 rings (SSSR count). The van der Waals surface area contributed by atoms with Gasteiger partial charge < -0.3 is 4.90 Å². The lowest BCUT2D eigenvalue weighted by Gasteiger charge is -2.26. The largest absolute Gasteiger partial charge is 0.338 e. The van der Waals surface area contributed by atoms with E-state index < -0.39 is 0 Å². The van der Waals surface area contributed by atoms with Crippen molar-refractivity contribution in [3.05, 3.63) is 35.9 Å². The van der Waals surface area contributed by atoms with Crippen molar-refractivity contribution in [1.82, 2.24) is 4.90 Å². The van der Waals surface area contributed by atoms with Crippen molar-refractivity contribution < 1.29 is 4.79 Å². The van der Waals surface area contributed by atoms with Crippen LogP contribution in [0.5, 0.6) is 0 Å². The molecule has 0 atom stereocenters. The number of piperidine rings is 1. The molecule has 2 nitrogen and oxygen atoms in total. The molecule has 1 fully saturated rings. The number of likely N-dealkylation sites (tertiary alicyclic amines) is 1. The molecule has 84 valence electrons. The molecule has 3 heteroatoms. The Morgan fingerprint density at radius 3 is 2.69 bits per heavy atom. The number of thiocarbonyl (C=S) groups is 1. The number of nitrogens with zero attached hydrogens (tertiary/aromatic N) is 1. The van der Waals surface area contributed by atoms with Gasteiger partial charge in [-0.2, -0.15) is 0 Å². The summed E-state index contributed by atoms with van der Waals surface area (Å²) in [6.07, 6.45) is 2.80. The van der Waals surface area contributed by atoms with Crippen molar-refractivity contribution in [2.75, 3.05) is 13.1 Å². The molecule has 1 aliphatic heterocycles. The van der Waals surface area contributed by atoms with Crippen molar-refractivity contribution in [1.29, 1.82) is 0 Å².